The zero-order valence-corrected chi connectivity index (χ0v) is 11.4. The molecule has 2 unspecified atom stereocenters. The maximum Gasteiger partial charge on any atom is 0.133 e. The molecule has 3 rings (SSSR count). The Morgan fingerprint density at radius 2 is 2.22 bits per heavy atom. The van der Waals surface area contributed by atoms with Crippen LogP contribution in [0.4, 0.5) is 0 Å². The van der Waals surface area contributed by atoms with Gasteiger partial charge in [0.2, 0.25) is 0 Å². The number of nitrogens with zero attached hydrogens (tertiary/aromatic N) is 3. The molecule has 0 aliphatic carbocycles. The van der Waals surface area contributed by atoms with Crippen LogP contribution in [-0.2, 0) is 19.4 Å². The molecule has 2 aliphatic rings. The van der Waals surface area contributed by atoms with Crippen LogP contribution in [0.2, 0.25) is 0 Å². The van der Waals surface area contributed by atoms with Crippen molar-refractivity contribution in [1.82, 2.24) is 20.1 Å². The first-order valence-electron chi connectivity index (χ1n) is 7.47. The van der Waals surface area contributed by atoms with E-state index in [1.54, 1.807) is 0 Å². The van der Waals surface area contributed by atoms with Gasteiger partial charge in [0.05, 0.1) is 0 Å². The van der Waals surface area contributed by atoms with Crippen LogP contribution in [0.5, 0.6) is 0 Å². The summed E-state index contributed by atoms with van der Waals surface area (Å²) in [6.45, 7) is 4.63. The summed E-state index contributed by atoms with van der Waals surface area (Å²) in [5.74, 6) is 3.19. The number of piperidine rings is 1. The number of hydrogen-bond donors (Lipinski definition) is 1. The predicted molar refractivity (Wildman–Crippen MR) is 71.5 cm³/mol. The molecule has 0 bridgehead atoms. The van der Waals surface area contributed by atoms with Crippen LogP contribution in [0, 0.1) is 5.92 Å². The van der Waals surface area contributed by atoms with Crippen molar-refractivity contribution in [2.24, 2.45) is 5.92 Å². The summed E-state index contributed by atoms with van der Waals surface area (Å²) in [5, 5.41) is 12.4. The average Bonchev–Trinajstić information content (AvgIpc) is 2.80. The standard InChI is InChI=1S/C14H24N4/c1-11-7-9-18-13(16-17-14(18)10-11)6-5-12-4-2-3-8-15-12/h11-12,15H,2-10H2,1H3. The van der Waals surface area contributed by atoms with Crippen LogP contribution in [0.25, 0.3) is 0 Å². The van der Waals surface area contributed by atoms with Crippen LogP contribution in [0.3, 0.4) is 0 Å². The lowest BCUT2D eigenvalue weighted by molar-refractivity contribution is 0.371. The third-order valence-electron chi connectivity index (χ3n) is 4.41. The summed E-state index contributed by atoms with van der Waals surface area (Å²) < 4.78 is 2.36. The molecule has 3 heterocycles. The molecule has 1 saturated heterocycles. The van der Waals surface area contributed by atoms with Gasteiger partial charge in [0, 0.05) is 25.4 Å². The maximum absolute atomic E-state index is 4.40. The molecule has 0 spiro atoms. The summed E-state index contributed by atoms with van der Waals surface area (Å²) in [4.78, 5) is 0. The molecule has 2 aliphatic heterocycles. The number of nitrogens with one attached hydrogen (secondary N) is 1. The van der Waals surface area contributed by atoms with E-state index in [0.29, 0.717) is 6.04 Å². The van der Waals surface area contributed by atoms with Gasteiger partial charge < -0.3 is 9.88 Å². The van der Waals surface area contributed by atoms with E-state index in [2.05, 4.69) is 27.0 Å². The second-order valence-electron chi connectivity index (χ2n) is 5.97. The van der Waals surface area contributed by atoms with E-state index in [4.69, 9.17) is 0 Å². The Bertz CT molecular complexity index is 392. The topological polar surface area (TPSA) is 42.7 Å². The highest BCUT2D eigenvalue weighted by Crippen LogP contribution is 2.21. The molecular formula is C14H24N4. The largest absolute Gasteiger partial charge is 0.315 e. The van der Waals surface area contributed by atoms with Crippen LogP contribution in [0.15, 0.2) is 0 Å². The van der Waals surface area contributed by atoms with Gasteiger partial charge in [0.15, 0.2) is 0 Å². The second-order valence-corrected chi connectivity index (χ2v) is 5.97. The lowest BCUT2D eigenvalue weighted by atomic mass is 9.99. The van der Waals surface area contributed by atoms with Gasteiger partial charge in [-0.15, -0.1) is 10.2 Å². The fraction of sp³-hybridized carbons (Fsp3) is 0.857. The molecule has 1 N–H and O–H groups in total. The molecule has 1 aromatic rings. The molecule has 0 amide bonds. The number of fused-ring (bicyclic) bond motifs is 1. The number of hydrogen-bond acceptors (Lipinski definition) is 3. The van der Waals surface area contributed by atoms with E-state index < -0.39 is 0 Å². The van der Waals surface area contributed by atoms with Crippen LogP contribution in [0.1, 0.15) is 50.7 Å². The second kappa shape index (κ2) is 5.39. The molecular weight excluding hydrogens is 224 g/mol. The first-order chi connectivity index (χ1) is 8.83. The molecule has 0 aromatic carbocycles. The number of aryl methyl sites for hydroxylation is 1. The Morgan fingerprint density at radius 3 is 3.06 bits per heavy atom. The molecule has 1 fully saturated rings. The van der Waals surface area contributed by atoms with E-state index in [0.717, 1.165) is 25.3 Å². The molecule has 100 valence electrons. The first kappa shape index (κ1) is 12.2. The molecule has 1 aromatic heterocycles. The van der Waals surface area contributed by atoms with Gasteiger partial charge in [-0.2, -0.15) is 0 Å². The predicted octanol–water partition coefficient (Wildman–Crippen LogP) is 1.94. The SMILES string of the molecule is CC1CCn2c(CCC3CCCCN3)nnc2C1. The van der Waals surface area contributed by atoms with Crippen molar-refractivity contribution in [2.75, 3.05) is 6.54 Å². The Kier molecular flexibility index (Phi) is 3.64. The van der Waals surface area contributed by atoms with E-state index in [1.807, 2.05) is 0 Å². The smallest absolute Gasteiger partial charge is 0.133 e. The third kappa shape index (κ3) is 2.58. The normalized spacial score (nSPS) is 28.1. The molecule has 0 radical (unpaired) electrons. The van der Waals surface area contributed by atoms with Crippen molar-refractivity contribution >= 4 is 0 Å². The number of rotatable bonds is 3. The van der Waals surface area contributed by atoms with Gasteiger partial charge >= 0.3 is 0 Å². The van der Waals surface area contributed by atoms with Crippen molar-refractivity contribution in [3.8, 4) is 0 Å². The molecule has 4 heteroatoms. The molecule has 2 atom stereocenters. The van der Waals surface area contributed by atoms with E-state index in [9.17, 15) is 0 Å². The summed E-state index contributed by atoms with van der Waals surface area (Å²) >= 11 is 0. The Balaban J connectivity index is 1.59. The summed E-state index contributed by atoms with van der Waals surface area (Å²) in [7, 11) is 0. The molecule has 18 heavy (non-hydrogen) atoms. The first-order valence-corrected chi connectivity index (χ1v) is 7.47. The van der Waals surface area contributed by atoms with E-state index in [1.165, 1.54) is 50.3 Å². The van der Waals surface area contributed by atoms with Crippen LogP contribution in [-0.4, -0.2) is 27.4 Å². The Labute approximate surface area is 109 Å². The highest BCUT2D eigenvalue weighted by molar-refractivity contribution is 5.00. The van der Waals surface area contributed by atoms with Gasteiger partial charge in [-0.3, -0.25) is 0 Å². The van der Waals surface area contributed by atoms with Gasteiger partial charge in [0.25, 0.3) is 0 Å². The highest BCUT2D eigenvalue weighted by atomic mass is 15.3. The minimum absolute atomic E-state index is 0.703. The van der Waals surface area contributed by atoms with E-state index >= 15 is 0 Å². The minimum Gasteiger partial charge on any atom is -0.315 e. The van der Waals surface area contributed by atoms with Gasteiger partial charge in [-0.1, -0.05) is 13.3 Å². The number of aromatic nitrogens is 3. The zero-order chi connectivity index (χ0) is 12.4. The lowest BCUT2D eigenvalue weighted by Crippen LogP contribution is -2.34. The highest BCUT2D eigenvalue weighted by Gasteiger charge is 2.21. The van der Waals surface area contributed by atoms with Crippen molar-refractivity contribution in [1.29, 1.82) is 0 Å². The summed E-state index contributed by atoms with van der Waals surface area (Å²) in [6.07, 6.45) is 8.74. The van der Waals surface area contributed by atoms with Gasteiger partial charge in [-0.25, -0.2) is 0 Å². The maximum atomic E-state index is 4.40. The fourth-order valence-corrected chi connectivity index (χ4v) is 3.20. The van der Waals surface area contributed by atoms with Gasteiger partial charge in [-0.05, 0) is 38.1 Å². The fourth-order valence-electron chi connectivity index (χ4n) is 3.20. The zero-order valence-electron chi connectivity index (χ0n) is 11.4. The Morgan fingerprint density at radius 1 is 1.28 bits per heavy atom. The summed E-state index contributed by atoms with van der Waals surface area (Å²) in [6, 6.07) is 0.703. The van der Waals surface area contributed by atoms with Crippen LogP contribution < -0.4 is 5.32 Å². The lowest BCUT2D eigenvalue weighted by Gasteiger charge is -2.24. The van der Waals surface area contributed by atoms with Crippen molar-refractivity contribution in [3.05, 3.63) is 11.6 Å². The van der Waals surface area contributed by atoms with E-state index in [-0.39, 0.29) is 0 Å². The third-order valence-corrected chi connectivity index (χ3v) is 4.41. The van der Waals surface area contributed by atoms with Gasteiger partial charge in [0.1, 0.15) is 11.6 Å². The molecule has 0 saturated carbocycles. The minimum atomic E-state index is 0.703. The Hall–Kier alpha value is -0.900. The van der Waals surface area contributed by atoms with Crippen molar-refractivity contribution in [3.63, 3.8) is 0 Å². The average molecular weight is 248 g/mol. The van der Waals surface area contributed by atoms with Crippen molar-refractivity contribution < 1.29 is 0 Å². The molecule has 4 nitrogen and oxygen atoms in total. The summed E-state index contributed by atoms with van der Waals surface area (Å²) in [5.41, 5.74) is 0. The van der Waals surface area contributed by atoms with Crippen LogP contribution >= 0.6 is 0 Å². The quantitative estimate of drug-likeness (QED) is 0.889. The monoisotopic (exact) mass is 248 g/mol. The van der Waals surface area contributed by atoms with Crippen molar-refractivity contribution in [2.45, 2.75) is 64.5 Å².